The molecule has 1 atom stereocenters. The first-order valence-electron chi connectivity index (χ1n) is 5.89. The van der Waals surface area contributed by atoms with Crippen LogP contribution in [0, 0.1) is 0 Å². The number of amides is 1. The predicted molar refractivity (Wildman–Crippen MR) is 79.9 cm³/mol. The summed E-state index contributed by atoms with van der Waals surface area (Å²) in [5.74, 6) is 1.00. The van der Waals surface area contributed by atoms with Crippen LogP contribution in [0.2, 0.25) is 0 Å². The van der Waals surface area contributed by atoms with E-state index < -0.39 is 0 Å². The molecule has 7 heteroatoms. The maximum absolute atomic E-state index is 11.8. The number of nitrogens with one attached hydrogen (secondary N) is 1. The topological polar surface area (TPSA) is 82.8 Å². The van der Waals surface area contributed by atoms with Crippen LogP contribution in [-0.2, 0) is 9.53 Å². The summed E-state index contributed by atoms with van der Waals surface area (Å²) in [4.78, 5) is 11.8. The lowest BCUT2D eigenvalue weighted by Gasteiger charge is -2.13. The first kappa shape index (κ1) is 18.5. The second-order valence-electron chi connectivity index (χ2n) is 3.92. The maximum Gasteiger partial charge on any atom is 0.227 e. The third-order valence-electron chi connectivity index (χ3n) is 2.68. The Bertz CT molecular complexity index is 425. The molecule has 6 nitrogen and oxygen atoms in total. The molecule has 114 valence electrons. The molecule has 0 aliphatic carbocycles. The predicted octanol–water partition coefficient (Wildman–Crippen LogP) is 1.43. The zero-order valence-electron chi connectivity index (χ0n) is 11.8. The van der Waals surface area contributed by atoms with Crippen molar-refractivity contribution in [2.24, 2.45) is 5.73 Å². The van der Waals surface area contributed by atoms with Crippen LogP contribution >= 0.6 is 12.4 Å². The Morgan fingerprint density at radius 3 is 2.40 bits per heavy atom. The zero-order valence-corrected chi connectivity index (χ0v) is 12.7. The van der Waals surface area contributed by atoms with Gasteiger partial charge in [-0.25, -0.2) is 0 Å². The van der Waals surface area contributed by atoms with E-state index in [-0.39, 0.29) is 30.8 Å². The molecule has 0 radical (unpaired) electrons. The van der Waals surface area contributed by atoms with Crippen LogP contribution < -0.4 is 20.5 Å². The van der Waals surface area contributed by atoms with E-state index in [4.69, 9.17) is 19.9 Å². The monoisotopic (exact) mass is 304 g/mol. The molecular weight excluding hydrogens is 284 g/mol. The summed E-state index contributed by atoms with van der Waals surface area (Å²) in [5.41, 5.74) is 6.10. The Morgan fingerprint density at radius 1 is 1.25 bits per heavy atom. The molecule has 0 aromatic heterocycles. The van der Waals surface area contributed by atoms with Gasteiger partial charge in [-0.15, -0.1) is 12.4 Å². The number of carbonyl (C=O) groups excluding carboxylic acids is 1. The van der Waals surface area contributed by atoms with E-state index in [0.29, 0.717) is 23.7 Å². The Hall–Kier alpha value is -1.50. The minimum atomic E-state index is -0.278. The highest BCUT2D eigenvalue weighted by atomic mass is 35.5. The van der Waals surface area contributed by atoms with Gasteiger partial charge in [-0.1, -0.05) is 0 Å². The Labute approximate surface area is 125 Å². The molecule has 0 saturated carbocycles. The quantitative estimate of drug-likeness (QED) is 0.796. The number of methoxy groups -OCH3 is 3. The van der Waals surface area contributed by atoms with Crippen molar-refractivity contribution in [3.8, 4) is 11.5 Å². The SMILES string of the molecule is COc1ccc(NC(=O)CC(CN)OC)cc1OC.Cl. The number of rotatable bonds is 7. The molecule has 0 aliphatic rings. The van der Waals surface area contributed by atoms with Crippen LogP contribution in [0.15, 0.2) is 18.2 Å². The minimum absolute atomic E-state index is 0. The summed E-state index contributed by atoms with van der Waals surface area (Å²) in [7, 11) is 4.63. The first-order chi connectivity index (χ1) is 9.14. The molecule has 20 heavy (non-hydrogen) atoms. The minimum Gasteiger partial charge on any atom is -0.493 e. The van der Waals surface area contributed by atoms with E-state index in [1.165, 1.54) is 7.11 Å². The fourth-order valence-electron chi connectivity index (χ4n) is 1.60. The largest absolute Gasteiger partial charge is 0.493 e. The van der Waals surface area contributed by atoms with E-state index >= 15 is 0 Å². The summed E-state index contributed by atoms with van der Waals surface area (Å²) >= 11 is 0. The molecular formula is C13H21ClN2O4. The van der Waals surface area contributed by atoms with Gasteiger partial charge in [-0.2, -0.15) is 0 Å². The van der Waals surface area contributed by atoms with Crippen molar-refractivity contribution in [3.05, 3.63) is 18.2 Å². The number of hydrogen-bond acceptors (Lipinski definition) is 5. The van der Waals surface area contributed by atoms with Gasteiger partial charge < -0.3 is 25.3 Å². The molecule has 0 bridgehead atoms. The number of benzene rings is 1. The highest BCUT2D eigenvalue weighted by Crippen LogP contribution is 2.29. The molecule has 1 unspecified atom stereocenters. The van der Waals surface area contributed by atoms with Crippen molar-refractivity contribution in [3.63, 3.8) is 0 Å². The van der Waals surface area contributed by atoms with Crippen LogP contribution in [0.3, 0.4) is 0 Å². The van der Waals surface area contributed by atoms with Crippen LogP contribution in [0.5, 0.6) is 11.5 Å². The van der Waals surface area contributed by atoms with E-state index in [1.54, 1.807) is 32.4 Å². The van der Waals surface area contributed by atoms with Crippen molar-refractivity contribution >= 4 is 24.0 Å². The highest BCUT2D eigenvalue weighted by Gasteiger charge is 2.12. The van der Waals surface area contributed by atoms with Gasteiger partial charge in [0.1, 0.15) is 0 Å². The van der Waals surface area contributed by atoms with Crippen LogP contribution in [0.4, 0.5) is 5.69 Å². The summed E-state index contributed by atoms with van der Waals surface area (Å²) in [6.45, 7) is 0.301. The normalized spacial score (nSPS) is 11.2. The number of hydrogen-bond donors (Lipinski definition) is 2. The van der Waals surface area contributed by atoms with Crippen LogP contribution in [0.25, 0.3) is 0 Å². The molecule has 3 N–H and O–H groups in total. The highest BCUT2D eigenvalue weighted by molar-refractivity contribution is 5.91. The summed E-state index contributed by atoms with van der Waals surface area (Å²) < 4.78 is 15.3. The second kappa shape index (κ2) is 9.41. The Balaban J connectivity index is 0.00000361. The average Bonchev–Trinajstić information content (AvgIpc) is 2.44. The molecule has 1 aromatic rings. The van der Waals surface area contributed by atoms with Gasteiger partial charge in [0.25, 0.3) is 0 Å². The summed E-state index contributed by atoms with van der Waals surface area (Å²) in [6.07, 6.45) is -0.0680. The van der Waals surface area contributed by atoms with Gasteiger partial charge in [-0.05, 0) is 12.1 Å². The fourth-order valence-corrected chi connectivity index (χ4v) is 1.60. The number of carbonyl (C=O) groups is 1. The third kappa shape index (κ3) is 5.24. The molecule has 0 spiro atoms. The van der Waals surface area contributed by atoms with Crippen molar-refractivity contribution in [1.82, 2.24) is 0 Å². The lowest BCUT2D eigenvalue weighted by atomic mass is 10.2. The van der Waals surface area contributed by atoms with Gasteiger partial charge >= 0.3 is 0 Å². The maximum atomic E-state index is 11.8. The number of ether oxygens (including phenoxy) is 3. The smallest absolute Gasteiger partial charge is 0.227 e. The molecule has 1 rings (SSSR count). The zero-order chi connectivity index (χ0) is 14.3. The van der Waals surface area contributed by atoms with E-state index in [9.17, 15) is 4.79 Å². The molecule has 0 aliphatic heterocycles. The van der Waals surface area contributed by atoms with Crippen molar-refractivity contribution in [2.75, 3.05) is 33.2 Å². The number of anilines is 1. The van der Waals surface area contributed by atoms with Gasteiger partial charge in [0.05, 0.1) is 26.7 Å². The van der Waals surface area contributed by atoms with Crippen LogP contribution in [0.1, 0.15) is 6.42 Å². The number of nitrogens with two attached hydrogens (primary N) is 1. The van der Waals surface area contributed by atoms with Gasteiger partial charge in [0.15, 0.2) is 11.5 Å². The summed E-state index contributed by atoms with van der Waals surface area (Å²) in [5, 5.41) is 2.76. The van der Waals surface area contributed by atoms with Crippen molar-refractivity contribution in [1.29, 1.82) is 0 Å². The molecule has 1 amide bonds. The van der Waals surface area contributed by atoms with Gasteiger partial charge in [0.2, 0.25) is 5.91 Å². The third-order valence-corrected chi connectivity index (χ3v) is 2.68. The number of halogens is 1. The van der Waals surface area contributed by atoms with E-state index in [2.05, 4.69) is 5.32 Å². The van der Waals surface area contributed by atoms with E-state index in [0.717, 1.165) is 0 Å². The van der Waals surface area contributed by atoms with E-state index in [1.807, 2.05) is 0 Å². The Morgan fingerprint density at radius 2 is 1.90 bits per heavy atom. The molecule has 0 fully saturated rings. The summed E-state index contributed by atoms with van der Waals surface area (Å²) in [6, 6.07) is 5.16. The van der Waals surface area contributed by atoms with Crippen molar-refractivity contribution < 1.29 is 19.0 Å². The average molecular weight is 305 g/mol. The lowest BCUT2D eigenvalue weighted by Crippen LogP contribution is -2.28. The van der Waals surface area contributed by atoms with Gasteiger partial charge in [0, 0.05) is 25.4 Å². The van der Waals surface area contributed by atoms with Crippen LogP contribution in [-0.4, -0.2) is 39.9 Å². The molecule has 0 saturated heterocycles. The molecule has 1 aromatic carbocycles. The molecule has 0 heterocycles. The standard InChI is InChI=1S/C13H20N2O4.ClH/c1-17-10(8-14)7-13(16)15-9-4-5-11(18-2)12(6-9)19-3;/h4-6,10H,7-8,14H2,1-3H3,(H,15,16);1H. The fraction of sp³-hybridized carbons (Fsp3) is 0.462. The second-order valence-corrected chi connectivity index (χ2v) is 3.92. The Kier molecular flexibility index (Phi) is 8.71. The first-order valence-corrected chi connectivity index (χ1v) is 5.89. The van der Waals surface area contributed by atoms with Crippen molar-refractivity contribution in [2.45, 2.75) is 12.5 Å². The lowest BCUT2D eigenvalue weighted by molar-refractivity contribution is -0.118. The van der Waals surface area contributed by atoms with Gasteiger partial charge in [-0.3, -0.25) is 4.79 Å².